The first-order valence-corrected chi connectivity index (χ1v) is 9.80. The molecule has 1 unspecified atom stereocenters. The second kappa shape index (κ2) is 14.6. The maximum Gasteiger partial charge on any atom is 0.221 e. The molecule has 0 saturated carbocycles. The van der Waals surface area contributed by atoms with Gasteiger partial charge in [0.05, 0.1) is 0 Å². The fraction of sp³-hybridized carbons (Fsp3) is 0.938. The lowest BCUT2D eigenvalue weighted by Gasteiger charge is -2.26. The summed E-state index contributed by atoms with van der Waals surface area (Å²) in [7, 11) is 0. The maximum atomic E-state index is 11.8. The molecule has 1 atom stereocenters. The van der Waals surface area contributed by atoms with Crippen molar-refractivity contribution in [2.75, 3.05) is 44.2 Å². The molecule has 138 valence electrons. The van der Waals surface area contributed by atoms with Crippen LogP contribution in [0.25, 0.3) is 0 Å². The fourth-order valence-electron chi connectivity index (χ4n) is 3.09. The van der Waals surface area contributed by atoms with Crippen LogP contribution in [-0.4, -0.2) is 61.1 Å². The number of rotatable bonds is 8. The number of likely N-dealkylation sites (tertiary alicyclic amines) is 1. The Morgan fingerprint density at radius 3 is 2.61 bits per heavy atom. The predicted molar refractivity (Wildman–Crippen MR) is 105 cm³/mol. The molecule has 7 heteroatoms. The molecule has 4 nitrogen and oxygen atoms in total. The van der Waals surface area contributed by atoms with Crippen LogP contribution in [0.5, 0.6) is 0 Å². The minimum Gasteiger partial charge on any atom is -0.356 e. The van der Waals surface area contributed by atoms with Gasteiger partial charge in [0.2, 0.25) is 5.91 Å². The Labute approximate surface area is 158 Å². The number of carbonyl (C=O) groups excluding carboxylic acids is 1. The van der Waals surface area contributed by atoms with Gasteiger partial charge in [0, 0.05) is 37.1 Å². The molecule has 1 amide bonds. The smallest absolute Gasteiger partial charge is 0.221 e. The minimum atomic E-state index is 0. The molecule has 0 aromatic heterocycles. The average Bonchev–Trinajstić information content (AvgIpc) is 2.53. The van der Waals surface area contributed by atoms with E-state index in [-0.39, 0.29) is 30.7 Å². The van der Waals surface area contributed by atoms with Crippen LogP contribution < -0.4 is 10.6 Å². The maximum absolute atomic E-state index is 11.8. The summed E-state index contributed by atoms with van der Waals surface area (Å²) in [6.45, 7) is 5.72. The van der Waals surface area contributed by atoms with Crippen LogP contribution >= 0.6 is 36.6 Å². The van der Waals surface area contributed by atoms with Crippen molar-refractivity contribution in [2.45, 2.75) is 51.0 Å². The summed E-state index contributed by atoms with van der Waals surface area (Å²) in [5.41, 5.74) is 0. The van der Waals surface area contributed by atoms with Gasteiger partial charge in [0.1, 0.15) is 0 Å². The van der Waals surface area contributed by atoms with Gasteiger partial charge in [-0.05, 0) is 45.3 Å². The zero-order valence-corrected chi connectivity index (χ0v) is 16.5. The van der Waals surface area contributed by atoms with Crippen LogP contribution in [0.3, 0.4) is 0 Å². The standard InChI is InChI=1S/C16H31N3OS.2ClH/c20-16(13-15-14-21-12-8-17-15)18-7-3-1-4-9-19-10-5-2-6-11-19;;/h15,17H,1-14H2,(H,18,20);2*1H. The number of nitrogens with zero attached hydrogens (tertiary/aromatic N) is 1. The normalized spacial score (nSPS) is 21.8. The van der Waals surface area contributed by atoms with E-state index < -0.39 is 0 Å². The summed E-state index contributed by atoms with van der Waals surface area (Å²) in [5, 5.41) is 6.48. The van der Waals surface area contributed by atoms with E-state index in [1.165, 1.54) is 57.5 Å². The zero-order valence-electron chi connectivity index (χ0n) is 14.1. The first-order valence-electron chi connectivity index (χ1n) is 8.65. The monoisotopic (exact) mass is 385 g/mol. The number of hydrogen-bond acceptors (Lipinski definition) is 4. The molecule has 23 heavy (non-hydrogen) atoms. The quantitative estimate of drug-likeness (QED) is 0.630. The summed E-state index contributed by atoms with van der Waals surface area (Å²) < 4.78 is 0. The Hall–Kier alpha value is 0.320. The first kappa shape index (κ1) is 23.3. The molecule has 0 aromatic rings. The van der Waals surface area contributed by atoms with E-state index in [1.54, 1.807) is 0 Å². The van der Waals surface area contributed by atoms with Crippen LogP contribution in [0, 0.1) is 0 Å². The van der Waals surface area contributed by atoms with E-state index in [9.17, 15) is 4.79 Å². The summed E-state index contributed by atoms with van der Waals surface area (Å²) in [6, 6.07) is 0.378. The van der Waals surface area contributed by atoms with Crippen molar-refractivity contribution in [3.63, 3.8) is 0 Å². The van der Waals surface area contributed by atoms with Crippen molar-refractivity contribution in [3.8, 4) is 0 Å². The summed E-state index contributed by atoms with van der Waals surface area (Å²) in [6.07, 6.45) is 8.43. The third-order valence-corrected chi connectivity index (χ3v) is 5.48. The highest BCUT2D eigenvalue weighted by atomic mass is 35.5. The third kappa shape index (κ3) is 10.7. The summed E-state index contributed by atoms with van der Waals surface area (Å²) in [5.74, 6) is 2.46. The number of halogens is 2. The molecule has 0 radical (unpaired) electrons. The molecule has 2 rings (SSSR count). The van der Waals surface area contributed by atoms with Crippen molar-refractivity contribution >= 4 is 42.5 Å². The van der Waals surface area contributed by atoms with Gasteiger partial charge in [0.25, 0.3) is 0 Å². The number of nitrogens with one attached hydrogen (secondary N) is 2. The minimum absolute atomic E-state index is 0. The number of piperidine rings is 1. The van der Waals surface area contributed by atoms with Crippen molar-refractivity contribution in [1.82, 2.24) is 15.5 Å². The number of unbranched alkanes of at least 4 members (excludes halogenated alkanes) is 2. The highest BCUT2D eigenvalue weighted by Gasteiger charge is 2.16. The summed E-state index contributed by atoms with van der Waals surface area (Å²) in [4.78, 5) is 14.4. The highest BCUT2D eigenvalue weighted by Crippen LogP contribution is 2.11. The molecule has 0 spiro atoms. The zero-order chi connectivity index (χ0) is 14.8. The third-order valence-electron chi connectivity index (χ3n) is 4.35. The van der Waals surface area contributed by atoms with E-state index in [4.69, 9.17) is 0 Å². The van der Waals surface area contributed by atoms with Gasteiger partial charge in [-0.1, -0.05) is 12.8 Å². The SMILES string of the molecule is Cl.Cl.O=C(CC1CSCCN1)NCCCCCN1CCCCC1. The average molecular weight is 386 g/mol. The fourth-order valence-corrected chi connectivity index (χ4v) is 4.04. The van der Waals surface area contributed by atoms with Gasteiger partial charge in [-0.3, -0.25) is 4.79 Å². The van der Waals surface area contributed by atoms with E-state index in [0.717, 1.165) is 25.3 Å². The van der Waals surface area contributed by atoms with Crippen LogP contribution in [0.2, 0.25) is 0 Å². The van der Waals surface area contributed by atoms with Gasteiger partial charge < -0.3 is 15.5 Å². The van der Waals surface area contributed by atoms with Crippen molar-refractivity contribution in [3.05, 3.63) is 0 Å². The number of amides is 1. The Bertz CT molecular complexity index is 299. The largest absolute Gasteiger partial charge is 0.356 e. The Kier molecular flexibility index (Phi) is 14.8. The van der Waals surface area contributed by atoms with Crippen LogP contribution in [-0.2, 0) is 4.79 Å². The molecule has 2 aliphatic rings. The van der Waals surface area contributed by atoms with E-state index in [1.807, 2.05) is 11.8 Å². The van der Waals surface area contributed by atoms with Crippen LogP contribution in [0.4, 0.5) is 0 Å². The molecule has 2 N–H and O–H groups in total. The number of thioether (sulfide) groups is 1. The molecule has 0 aromatic carbocycles. The van der Waals surface area contributed by atoms with E-state index in [0.29, 0.717) is 12.5 Å². The van der Waals surface area contributed by atoms with Crippen LogP contribution in [0.15, 0.2) is 0 Å². The lowest BCUT2D eigenvalue weighted by molar-refractivity contribution is -0.121. The molecule has 2 aliphatic heterocycles. The molecule has 2 fully saturated rings. The van der Waals surface area contributed by atoms with E-state index >= 15 is 0 Å². The Balaban J connectivity index is 0.00000242. The molecular weight excluding hydrogens is 353 g/mol. The van der Waals surface area contributed by atoms with Crippen molar-refractivity contribution < 1.29 is 4.79 Å². The lowest BCUT2D eigenvalue weighted by Crippen LogP contribution is -2.41. The molecule has 2 heterocycles. The molecule has 0 bridgehead atoms. The first-order chi connectivity index (χ1) is 10.3. The number of carbonyl (C=O) groups is 1. The number of hydrogen-bond donors (Lipinski definition) is 2. The Morgan fingerprint density at radius 2 is 1.91 bits per heavy atom. The summed E-state index contributed by atoms with van der Waals surface area (Å²) >= 11 is 1.95. The molecule has 2 saturated heterocycles. The Morgan fingerprint density at radius 1 is 1.13 bits per heavy atom. The topological polar surface area (TPSA) is 44.4 Å². The molecule has 0 aliphatic carbocycles. The predicted octanol–water partition coefficient (Wildman–Crippen LogP) is 2.70. The van der Waals surface area contributed by atoms with Gasteiger partial charge in [0.15, 0.2) is 0 Å². The van der Waals surface area contributed by atoms with E-state index in [2.05, 4.69) is 15.5 Å². The van der Waals surface area contributed by atoms with Gasteiger partial charge >= 0.3 is 0 Å². The highest BCUT2D eigenvalue weighted by molar-refractivity contribution is 7.99. The van der Waals surface area contributed by atoms with Crippen molar-refractivity contribution in [1.29, 1.82) is 0 Å². The molecular formula is C16H33Cl2N3OS. The lowest BCUT2D eigenvalue weighted by atomic mass is 10.1. The van der Waals surface area contributed by atoms with Crippen molar-refractivity contribution in [2.24, 2.45) is 0 Å². The second-order valence-corrected chi connectivity index (χ2v) is 7.39. The van der Waals surface area contributed by atoms with Crippen LogP contribution in [0.1, 0.15) is 44.9 Å². The van der Waals surface area contributed by atoms with Gasteiger partial charge in [-0.25, -0.2) is 0 Å². The second-order valence-electron chi connectivity index (χ2n) is 6.24. The van der Waals surface area contributed by atoms with Gasteiger partial charge in [-0.15, -0.1) is 24.8 Å². The van der Waals surface area contributed by atoms with Gasteiger partial charge in [-0.2, -0.15) is 11.8 Å².